The van der Waals surface area contributed by atoms with Gasteiger partial charge in [0.15, 0.2) is 11.6 Å². The summed E-state index contributed by atoms with van der Waals surface area (Å²) in [5, 5.41) is 0. The van der Waals surface area contributed by atoms with E-state index in [0.717, 1.165) is 22.3 Å². The molecule has 0 fully saturated rings. The van der Waals surface area contributed by atoms with E-state index in [1.54, 1.807) is 12.3 Å². The first kappa shape index (κ1) is 27.3. The molecule has 0 aromatic heterocycles. The normalized spacial score (nSPS) is 11.2. The third-order valence-electron chi connectivity index (χ3n) is 5.89. The lowest BCUT2D eigenvalue weighted by Crippen LogP contribution is -2.19. The minimum atomic E-state index is -0.271. The van der Waals surface area contributed by atoms with Crippen LogP contribution in [0.1, 0.15) is 36.1 Å². The van der Waals surface area contributed by atoms with Gasteiger partial charge in [-0.05, 0) is 59.3 Å². The van der Waals surface area contributed by atoms with Gasteiger partial charge in [-0.3, -0.25) is 19.6 Å². The highest BCUT2D eigenvalue weighted by Crippen LogP contribution is 2.33. The Morgan fingerprint density at radius 3 is 1.84 bits per heavy atom. The van der Waals surface area contributed by atoms with Crippen LogP contribution in [0.25, 0.3) is 6.08 Å². The Kier molecular flexibility index (Phi) is 9.67. The molecule has 0 spiro atoms. The average molecular weight is 497 g/mol. The van der Waals surface area contributed by atoms with Gasteiger partial charge < -0.3 is 9.47 Å². The number of hydrogen-bond donors (Lipinski definition) is 0. The second kappa shape index (κ2) is 13.1. The Balaban J connectivity index is 1.52. The largest absolute Gasteiger partial charge is 0.486 e. The minimum Gasteiger partial charge on any atom is -0.486 e. The summed E-state index contributed by atoms with van der Waals surface area (Å²) in [7, 11) is 0. The molecule has 0 heterocycles. The average Bonchev–Trinajstić information content (AvgIpc) is 2.91. The summed E-state index contributed by atoms with van der Waals surface area (Å²) in [5.41, 5.74) is 3.84. The van der Waals surface area contributed by atoms with Crippen molar-refractivity contribution in [3.63, 3.8) is 0 Å². The molecule has 0 amide bonds. The lowest BCUT2D eigenvalue weighted by molar-refractivity contribution is -0.120. The highest BCUT2D eigenvalue weighted by Gasteiger charge is 2.23. The second-order valence-corrected chi connectivity index (χ2v) is 9.05. The fraction of sp³-hybridized carbons (Fsp3) is 0.226. The fourth-order valence-electron chi connectivity index (χ4n) is 3.67. The molecule has 0 unspecified atom stereocenters. The van der Waals surface area contributed by atoms with Crippen molar-refractivity contribution in [3.8, 4) is 11.5 Å². The predicted octanol–water partition coefficient (Wildman–Crippen LogP) is 5.37. The molecule has 3 aromatic rings. The van der Waals surface area contributed by atoms with Gasteiger partial charge >= 0.3 is 0 Å². The predicted molar refractivity (Wildman–Crippen MR) is 149 cm³/mol. The van der Waals surface area contributed by atoms with E-state index in [1.165, 1.54) is 0 Å². The minimum absolute atomic E-state index is 0.0261. The molecule has 0 radical (unpaired) electrons. The van der Waals surface area contributed by atoms with E-state index in [2.05, 4.69) is 37.1 Å². The molecule has 0 atom stereocenters. The van der Waals surface area contributed by atoms with Gasteiger partial charge in [-0.25, -0.2) is 0 Å². The van der Waals surface area contributed by atoms with E-state index in [9.17, 15) is 9.59 Å². The summed E-state index contributed by atoms with van der Waals surface area (Å²) < 4.78 is 11.2. The summed E-state index contributed by atoms with van der Waals surface area (Å²) in [4.78, 5) is 31.5. The van der Waals surface area contributed by atoms with E-state index in [1.807, 2.05) is 72.8 Å². The van der Waals surface area contributed by atoms with Crippen LogP contribution in [0.15, 0.2) is 89.4 Å². The van der Waals surface area contributed by atoms with Gasteiger partial charge in [0.2, 0.25) is 0 Å². The Hall–Kier alpha value is -4.32. The molecule has 190 valence electrons. The third-order valence-corrected chi connectivity index (χ3v) is 5.89. The van der Waals surface area contributed by atoms with Crippen molar-refractivity contribution >= 4 is 30.6 Å². The lowest BCUT2D eigenvalue weighted by atomic mass is 9.78. The summed E-state index contributed by atoms with van der Waals surface area (Å²) >= 11 is 0. The number of ketones is 2. The molecule has 0 bridgehead atoms. The van der Waals surface area contributed by atoms with Crippen molar-refractivity contribution in [2.45, 2.75) is 19.3 Å². The first-order valence-corrected chi connectivity index (χ1v) is 12.0. The molecular formula is C31H32N2O4. The molecule has 6 nitrogen and oxygen atoms in total. The summed E-state index contributed by atoms with van der Waals surface area (Å²) in [6.07, 6.45) is 3.45. The van der Waals surface area contributed by atoms with Crippen LogP contribution >= 0.6 is 0 Å². The van der Waals surface area contributed by atoms with E-state index in [0.29, 0.717) is 11.5 Å². The number of rotatable bonds is 14. The van der Waals surface area contributed by atoms with Crippen LogP contribution in [0.4, 0.5) is 0 Å². The molecular weight excluding hydrogens is 464 g/mol. The SMILES string of the molecule is C=Cc1cccc(C=NCC(=O)COc2ccc(C(C)(C)c3ccc(OCC(=O)CN=C)cc3)cc2)c1. The van der Waals surface area contributed by atoms with Crippen molar-refractivity contribution in [2.24, 2.45) is 9.98 Å². The monoisotopic (exact) mass is 496 g/mol. The van der Waals surface area contributed by atoms with Gasteiger partial charge in [-0.1, -0.05) is 69.0 Å². The summed E-state index contributed by atoms with van der Waals surface area (Å²) in [6.45, 7) is 11.4. The number of carbonyl (C=O) groups excluding carboxylic acids is 2. The van der Waals surface area contributed by atoms with Crippen LogP contribution in [0, 0.1) is 0 Å². The molecule has 0 aliphatic carbocycles. The Morgan fingerprint density at radius 1 is 0.811 bits per heavy atom. The fourth-order valence-corrected chi connectivity index (χ4v) is 3.67. The number of nitrogens with zero attached hydrogens (tertiary/aromatic N) is 2. The Morgan fingerprint density at radius 2 is 1.32 bits per heavy atom. The molecule has 0 saturated carbocycles. The molecule has 0 saturated heterocycles. The highest BCUT2D eigenvalue weighted by atomic mass is 16.5. The molecule has 0 aliphatic rings. The van der Waals surface area contributed by atoms with Crippen LogP contribution in [-0.2, 0) is 15.0 Å². The van der Waals surface area contributed by atoms with Gasteiger partial charge in [0.1, 0.15) is 37.8 Å². The maximum Gasteiger partial charge on any atom is 0.191 e. The van der Waals surface area contributed by atoms with E-state index in [4.69, 9.17) is 9.47 Å². The van der Waals surface area contributed by atoms with E-state index >= 15 is 0 Å². The van der Waals surface area contributed by atoms with Crippen molar-refractivity contribution in [2.75, 3.05) is 26.3 Å². The molecule has 0 N–H and O–H groups in total. The van der Waals surface area contributed by atoms with E-state index < -0.39 is 0 Å². The van der Waals surface area contributed by atoms with Gasteiger partial charge in [-0.15, -0.1) is 0 Å². The first-order valence-electron chi connectivity index (χ1n) is 12.0. The number of hydrogen-bond acceptors (Lipinski definition) is 6. The van der Waals surface area contributed by atoms with Crippen LogP contribution in [0.3, 0.4) is 0 Å². The third kappa shape index (κ3) is 8.10. The number of benzene rings is 3. The zero-order valence-electron chi connectivity index (χ0n) is 21.4. The lowest BCUT2D eigenvalue weighted by Gasteiger charge is -2.26. The molecule has 3 aromatic carbocycles. The number of Topliss-reactive ketones (excluding diaryl/α,β-unsaturated/α-hetero) is 2. The highest BCUT2D eigenvalue weighted by molar-refractivity contribution is 5.86. The second-order valence-electron chi connectivity index (χ2n) is 9.05. The quantitative estimate of drug-likeness (QED) is 0.281. The number of ether oxygens (including phenoxy) is 2. The topological polar surface area (TPSA) is 77.3 Å². The van der Waals surface area contributed by atoms with E-state index in [-0.39, 0.29) is 43.3 Å². The van der Waals surface area contributed by atoms with Crippen molar-refractivity contribution in [1.82, 2.24) is 0 Å². The Labute approximate surface area is 218 Å². The smallest absolute Gasteiger partial charge is 0.191 e. The van der Waals surface area contributed by atoms with Gasteiger partial charge in [0.05, 0.1) is 0 Å². The zero-order valence-corrected chi connectivity index (χ0v) is 21.4. The van der Waals surface area contributed by atoms with Crippen molar-refractivity contribution in [3.05, 3.63) is 102 Å². The molecule has 37 heavy (non-hydrogen) atoms. The Bertz CT molecular complexity index is 1260. The maximum absolute atomic E-state index is 12.2. The van der Waals surface area contributed by atoms with Crippen LogP contribution in [-0.4, -0.2) is 50.8 Å². The van der Waals surface area contributed by atoms with Crippen LogP contribution in [0.2, 0.25) is 0 Å². The summed E-state index contributed by atoms with van der Waals surface area (Å²) in [6, 6.07) is 23.2. The molecule has 3 rings (SSSR count). The number of aliphatic imine (C=N–C) groups is 2. The van der Waals surface area contributed by atoms with Gasteiger partial charge in [0, 0.05) is 11.6 Å². The van der Waals surface area contributed by atoms with Crippen molar-refractivity contribution < 1.29 is 19.1 Å². The molecule has 0 aliphatic heterocycles. The zero-order chi connectivity index (χ0) is 26.7. The number of carbonyl (C=O) groups is 2. The first-order chi connectivity index (χ1) is 17.8. The van der Waals surface area contributed by atoms with Gasteiger partial charge in [-0.2, -0.15) is 0 Å². The van der Waals surface area contributed by atoms with Crippen molar-refractivity contribution in [1.29, 1.82) is 0 Å². The maximum atomic E-state index is 12.2. The summed E-state index contributed by atoms with van der Waals surface area (Å²) in [5.74, 6) is 1.02. The van der Waals surface area contributed by atoms with Crippen LogP contribution < -0.4 is 9.47 Å². The van der Waals surface area contributed by atoms with Crippen LogP contribution in [0.5, 0.6) is 11.5 Å². The molecule has 6 heteroatoms. The van der Waals surface area contributed by atoms with Gasteiger partial charge in [0.25, 0.3) is 0 Å². The standard InChI is InChI=1S/C31H32N2O4/c1-5-23-7-6-8-24(17-23)18-33-20-28(35)22-37-30-15-11-26(12-16-30)31(2,3)25-9-13-29(14-10-25)36-21-27(34)19-32-4/h5-18H,1,4,19-22H2,2-3H3.